The lowest BCUT2D eigenvalue weighted by atomic mass is 9.99. The van der Waals surface area contributed by atoms with E-state index in [-0.39, 0.29) is 11.1 Å². The molecule has 0 aliphatic rings. The molecule has 0 atom stereocenters. The van der Waals surface area contributed by atoms with Crippen molar-refractivity contribution in [1.82, 2.24) is 0 Å². The van der Waals surface area contributed by atoms with Crippen LogP contribution in [0, 0.1) is 0 Å². The lowest BCUT2D eigenvalue weighted by molar-refractivity contribution is -0.259. The molecule has 0 N–H and O–H groups in total. The fraction of sp³-hybridized carbons (Fsp3) is 0. The van der Waals surface area contributed by atoms with Gasteiger partial charge in [-0.05, 0) is 10.8 Å². The monoisotopic (exact) mass is 242 g/mol. The first-order valence-electron chi connectivity index (χ1n) is 5.05. The van der Waals surface area contributed by atoms with Gasteiger partial charge >= 0.3 is 0 Å². The van der Waals surface area contributed by atoms with Crippen LogP contribution in [0.5, 0.6) is 0 Å². The molecule has 18 heavy (non-hydrogen) atoms. The second-order valence-electron chi connectivity index (χ2n) is 3.28. The van der Waals surface area contributed by atoms with Gasteiger partial charge in [0.1, 0.15) is 0 Å². The summed E-state index contributed by atoms with van der Waals surface area (Å²) in [4.78, 5) is 21.7. The second-order valence-corrected chi connectivity index (χ2v) is 3.28. The molecule has 0 radical (unpaired) electrons. The van der Waals surface area contributed by atoms with Gasteiger partial charge in [-0.1, -0.05) is 36.4 Å². The van der Waals surface area contributed by atoms with Crippen molar-refractivity contribution in [2.75, 3.05) is 0 Å². The normalized spacial score (nSPS) is 9.33. The Kier molecular flexibility index (Phi) is 4.21. The Morgan fingerprint density at radius 1 is 0.889 bits per heavy atom. The number of carbonyl (C=O) groups is 2. The molecule has 2 rings (SSSR count). The maximum absolute atomic E-state index is 10.9. The molecule has 0 heterocycles. The molecule has 2 aromatic carbocycles. The molecule has 0 saturated carbocycles. The highest BCUT2D eigenvalue weighted by molar-refractivity contribution is 6.10. The molecule has 0 fully saturated rings. The average Bonchev–Trinajstić information content (AvgIpc) is 2.39. The first-order chi connectivity index (χ1) is 8.61. The molecule has 0 saturated heterocycles. The van der Waals surface area contributed by atoms with Gasteiger partial charge in [0.15, 0.2) is 0 Å². The number of rotatable bonds is 2. The van der Waals surface area contributed by atoms with Gasteiger partial charge in [0.25, 0.3) is 0 Å². The van der Waals surface area contributed by atoms with E-state index in [0.29, 0.717) is 10.8 Å². The van der Waals surface area contributed by atoms with Crippen LogP contribution in [-0.2, 0) is 0 Å². The van der Waals surface area contributed by atoms with Gasteiger partial charge in [0.05, 0.1) is 11.9 Å². The standard InChI is InChI=1S/C12H8O4.C2H4/c13-11(14)9-6-5-7-3-1-2-4-8(7)10(9)12(15)16;1-2/h1-6H,(H,13,14)(H,15,16);1-2H2/p-2. The smallest absolute Gasteiger partial charge is 0.0728 e. The van der Waals surface area contributed by atoms with Gasteiger partial charge in [0.2, 0.25) is 0 Å². The van der Waals surface area contributed by atoms with Crippen LogP contribution >= 0.6 is 0 Å². The number of benzene rings is 2. The number of carboxylic acids is 2. The van der Waals surface area contributed by atoms with Crippen LogP contribution in [-0.4, -0.2) is 11.9 Å². The van der Waals surface area contributed by atoms with Crippen molar-refractivity contribution in [3.05, 3.63) is 60.7 Å². The SMILES string of the molecule is C=C.O=C([O-])c1ccc2ccccc2c1C(=O)[O-]. The summed E-state index contributed by atoms with van der Waals surface area (Å²) in [6.45, 7) is 6.00. The molecule has 4 heteroatoms. The van der Waals surface area contributed by atoms with E-state index in [0.717, 1.165) is 0 Å². The summed E-state index contributed by atoms with van der Waals surface area (Å²) in [5, 5.41) is 22.7. The van der Waals surface area contributed by atoms with E-state index in [9.17, 15) is 19.8 Å². The second kappa shape index (κ2) is 5.63. The molecule has 4 nitrogen and oxygen atoms in total. The Balaban J connectivity index is 0.000000771. The third-order valence-corrected chi connectivity index (χ3v) is 2.35. The van der Waals surface area contributed by atoms with Crippen molar-refractivity contribution >= 4 is 22.7 Å². The van der Waals surface area contributed by atoms with E-state index >= 15 is 0 Å². The zero-order valence-corrected chi connectivity index (χ0v) is 9.51. The van der Waals surface area contributed by atoms with Gasteiger partial charge in [-0.3, -0.25) is 0 Å². The number of fused-ring (bicyclic) bond motifs is 1. The van der Waals surface area contributed by atoms with Crippen LogP contribution in [0.15, 0.2) is 49.6 Å². The average molecular weight is 242 g/mol. The Bertz CT molecular complexity index is 602. The van der Waals surface area contributed by atoms with Crippen molar-refractivity contribution < 1.29 is 19.8 Å². The molecule has 0 aliphatic heterocycles. The maximum Gasteiger partial charge on any atom is 0.0728 e. The van der Waals surface area contributed by atoms with E-state index < -0.39 is 11.9 Å². The third-order valence-electron chi connectivity index (χ3n) is 2.35. The van der Waals surface area contributed by atoms with Crippen molar-refractivity contribution in [2.24, 2.45) is 0 Å². The minimum Gasteiger partial charge on any atom is -0.545 e. The summed E-state index contributed by atoms with van der Waals surface area (Å²) < 4.78 is 0. The van der Waals surface area contributed by atoms with E-state index in [1.165, 1.54) is 18.2 Å². The molecule has 2 aromatic rings. The Morgan fingerprint density at radius 2 is 1.50 bits per heavy atom. The predicted octanol–water partition coefficient (Wildman–Crippen LogP) is 0.369. The lowest BCUT2D eigenvalue weighted by Crippen LogP contribution is -2.30. The molecular formula is C14H10O4-2. The van der Waals surface area contributed by atoms with Crippen molar-refractivity contribution in [2.45, 2.75) is 0 Å². The first kappa shape index (κ1) is 13.4. The third kappa shape index (κ3) is 2.38. The molecule has 0 amide bonds. The summed E-state index contributed by atoms with van der Waals surface area (Å²) in [6.07, 6.45) is 0. The highest BCUT2D eigenvalue weighted by Crippen LogP contribution is 2.21. The van der Waals surface area contributed by atoms with Crippen molar-refractivity contribution in [1.29, 1.82) is 0 Å². The number of aromatic carboxylic acids is 2. The van der Waals surface area contributed by atoms with Gasteiger partial charge in [-0.2, -0.15) is 0 Å². The predicted molar refractivity (Wildman–Crippen MR) is 63.9 cm³/mol. The number of hydrogen-bond donors (Lipinski definition) is 0. The quantitative estimate of drug-likeness (QED) is 0.712. The Hall–Kier alpha value is -2.62. The summed E-state index contributed by atoms with van der Waals surface area (Å²) in [5.41, 5.74) is -0.697. The molecule has 0 aromatic heterocycles. The zero-order chi connectivity index (χ0) is 13.7. The topological polar surface area (TPSA) is 80.3 Å². The maximum atomic E-state index is 10.9. The molecule has 0 aliphatic carbocycles. The number of hydrogen-bond acceptors (Lipinski definition) is 4. The fourth-order valence-corrected chi connectivity index (χ4v) is 1.66. The van der Waals surface area contributed by atoms with Crippen molar-refractivity contribution in [3.63, 3.8) is 0 Å². The summed E-state index contributed by atoms with van der Waals surface area (Å²) >= 11 is 0. The van der Waals surface area contributed by atoms with Gasteiger partial charge < -0.3 is 19.8 Å². The van der Waals surface area contributed by atoms with E-state index in [1.807, 2.05) is 0 Å². The molecule has 92 valence electrons. The molecule has 0 spiro atoms. The van der Waals surface area contributed by atoms with Crippen molar-refractivity contribution in [3.8, 4) is 0 Å². The van der Waals surface area contributed by atoms with Crippen LogP contribution < -0.4 is 10.2 Å². The van der Waals surface area contributed by atoms with E-state index in [1.54, 1.807) is 18.2 Å². The van der Waals surface area contributed by atoms with Crippen LogP contribution in [0.4, 0.5) is 0 Å². The van der Waals surface area contributed by atoms with Crippen LogP contribution in [0.1, 0.15) is 20.7 Å². The van der Waals surface area contributed by atoms with Crippen LogP contribution in [0.2, 0.25) is 0 Å². The Labute approximate surface area is 104 Å². The lowest BCUT2D eigenvalue weighted by Gasteiger charge is -2.14. The minimum atomic E-state index is -1.52. The first-order valence-corrected chi connectivity index (χ1v) is 5.05. The van der Waals surface area contributed by atoms with Gasteiger partial charge in [-0.25, -0.2) is 0 Å². The van der Waals surface area contributed by atoms with Gasteiger partial charge in [0, 0.05) is 11.1 Å². The summed E-state index contributed by atoms with van der Waals surface area (Å²) in [6, 6.07) is 9.34. The number of carbonyl (C=O) groups excluding carboxylic acids is 2. The number of carboxylic acid groups (broad SMARTS) is 2. The molecule has 0 bridgehead atoms. The van der Waals surface area contributed by atoms with Crippen LogP contribution in [0.25, 0.3) is 10.8 Å². The summed E-state index contributed by atoms with van der Waals surface area (Å²) in [5.74, 6) is -3.04. The molecular weight excluding hydrogens is 232 g/mol. The zero-order valence-electron chi connectivity index (χ0n) is 9.51. The Morgan fingerprint density at radius 3 is 2.06 bits per heavy atom. The summed E-state index contributed by atoms with van der Waals surface area (Å²) in [7, 11) is 0. The van der Waals surface area contributed by atoms with Crippen LogP contribution in [0.3, 0.4) is 0 Å². The molecule has 0 unspecified atom stereocenters. The van der Waals surface area contributed by atoms with E-state index in [2.05, 4.69) is 13.2 Å². The largest absolute Gasteiger partial charge is 0.545 e. The highest BCUT2D eigenvalue weighted by atomic mass is 16.4. The van der Waals surface area contributed by atoms with E-state index in [4.69, 9.17) is 0 Å². The fourth-order valence-electron chi connectivity index (χ4n) is 1.66. The minimum absolute atomic E-state index is 0.335. The van der Waals surface area contributed by atoms with Gasteiger partial charge in [-0.15, -0.1) is 13.2 Å². The highest BCUT2D eigenvalue weighted by Gasteiger charge is 2.08.